The molecule has 2 fully saturated rings. The molecule has 2 aromatic rings. The molecule has 2 aliphatic rings. The van der Waals surface area contributed by atoms with Crippen molar-refractivity contribution in [2.75, 3.05) is 13.1 Å². The fraction of sp³-hybridized carbons (Fsp3) is 0.632. The van der Waals surface area contributed by atoms with E-state index in [0.717, 1.165) is 56.2 Å². The van der Waals surface area contributed by atoms with E-state index in [9.17, 15) is 4.79 Å². The summed E-state index contributed by atoms with van der Waals surface area (Å²) in [5, 5.41) is 7.08. The highest BCUT2D eigenvalue weighted by Crippen LogP contribution is 2.40. The molecule has 2 aromatic heterocycles. The van der Waals surface area contributed by atoms with E-state index in [1.54, 1.807) is 6.07 Å². The van der Waals surface area contributed by atoms with Crippen LogP contribution in [0.5, 0.6) is 0 Å². The molecule has 4 rings (SSSR count). The Hall–Kier alpha value is -2.15. The van der Waals surface area contributed by atoms with E-state index in [4.69, 9.17) is 4.52 Å². The third-order valence-corrected chi connectivity index (χ3v) is 5.50. The molecule has 140 valence electrons. The molecule has 0 bridgehead atoms. The Labute approximate surface area is 153 Å². The maximum Gasteiger partial charge on any atom is 0.273 e. The minimum Gasteiger partial charge on any atom is -0.360 e. The van der Waals surface area contributed by atoms with Crippen molar-refractivity contribution in [1.82, 2.24) is 25.3 Å². The van der Waals surface area contributed by atoms with Gasteiger partial charge in [-0.15, -0.1) is 0 Å². The Morgan fingerprint density at radius 1 is 1.42 bits per heavy atom. The third-order valence-electron chi connectivity index (χ3n) is 5.50. The van der Waals surface area contributed by atoms with Crippen molar-refractivity contribution in [3.8, 4) is 0 Å². The van der Waals surface area contributed by atoms with Gasteiger partial charge in [0.2, 0.25) is 0 Å². The molecule has 26 heavy (non-hydrogen) atoms. The molecule has 1 saturated heterocycles. The Kier molecular flexibility index (Phi) is 4.56. The predicted octanol–water partition coefficient (Wildman–Crippen LogP) is 2.40. The van der Waals surface area contributed by atoms with Crippen LogP contribution in [0.1, 0.15) is 66.1 Å². The molecule has 7 heteroatoms. The first-order valence-electron chi connectivity index (χ1n) is 9.57. The van der Waals surface area contributed by atoms with Crippen LogP contribution in [-0.4, -0.2) is 45.1 Å². The Balaban J connectivity index is 1.35. The second kappa shape index (κ2) is 6.87. The van der Waals surface area contributed by atoms with Gasteiger partial charge in [-0.3, -0.25) is 9.69 Å². The highest BCUT2D eigenvalue weighted by Gasteiger charge is 2.33. The van der Waals surface area contributed by atoms with Crippen molar-refractivity contribution in [1.29, 1.82) is 0 Å². The third kappa shape index (κ3) is 3.53. The van der Waals surface area contributed by atoms with E-state index in [0.29, 0.717) is 17.5 Å². The number of aryl methyl sites for hydroxylation is 2. The largest absolute Gasteiger partial charge is 0.360 e. The molecule has 1 aliphatic carbocycles. The molecular formula is C19H27N5O2. The van der Waals surface area contributed by atoms with Crippen molar-refractivity contribution < 1.29 is 9.32 Å². The molecular weight excluding hydrogens is 330 g/mol. The van der Waals surface area contributed by atoms with Crippen molar-refractivity contribution in [3.05, 3.63) is 34.7 Å². The normalized spacial score (nSPS) is 23.5. The van der Waals surface area contributed by atoms with Gasteiger partial charge in [0.15, 0.2) is 5.69 Å². The number of aromatic amines is 1. The topological polar surface area (TPSA) is 87.1 Å². The number of rotatable bonds is 6. The average molecular weight is 357 g/mol. The minimum atomic E-state index is -0.134. The lowest BCUT2D eigenvalue weighted by Crippen LogP contribution is -2.40. The van der Waals surface area contributed by atoms with Crippen LogP contribution in [0.15, 0.2) is 10.6 Å². The molecule has 1 saturated carbocycles. The molecule has 0 aromatic carbocycles. The molecule has 2 N–H and O–H groups in total. The van der Waals surface area contributed by atoms with Gasteiger partial charge in [-0.05, 0) is 25.7 Å². The Morgan fingerprint density at radius 2 is 2.23 bits per heavy atom. The summed E-state index contributed by atoms with van der Waals surface area (Å²) in [6.07, 6.45) is 3.19. The quantitative estimate of drug-likeness (QED) is 0.829. The van der Waals surface area contributed by atoms with Crippen LogP contribution in [0, 0.1) is 12.8 Å². The molecule has 1 amide bonds. The van der Waals surface area contributed by atoms with Crippen LogP contribution in [0.25, 0.3) is 0 Å². The summed E-state index contributed by atoms with van der Waals surface area (Å²) in [4.78, 5) is 22.8. The highest BCUT2D eigenvalue weighted by atomic mass is 16.5. The molecule has 0 spiro atoms. The number of nitrogens with zero attached hydrogens (tertiary/aromatic N) is 3. The van der Waals surface area contributed by atoms with Gasteiger partial charge in [0.05, 0.1) is 11.4 Å². The van der Waals surface area contributed by atoms with Crippen LogP contribution in [0.2, 0.25) is 0 Å². The van der Waals surface area contributed by atoms with Gasteiger partial charge in [0.25, 0.3) is 5.91 Å². The summed E-state index contributed by atoms with van der Waals surface area (Å²) in [6.45, 7) is 8.96. The SMILES string of the molecule is CCc1nc(C)c(CN2CC(C)C(NC(=O)c3cc(C4CC4)on3)C2)[nH]1. The zero-order valence-corrected chi connectivity index (χ0v) is 15.7. The van der Waals surface area contributed by atoms with Gasteiger partial charge in [0.1, 0.15) is 11.6 Å². The first-order valence-corrected chi connectivity index (χ1v) is 9.57. The van der Waals surface area contributed by atoms with Crippen LogP contribution >= 0.6 is 0 Å². The standard InChI is InChI=1S/C19H27N5O2/c1-4-18-20-12(3)16(21-18)10-24-8-11(2)15(9-24)22-19(25)14-7-17(26-23-14)13-5-6-13/h7,11,13,15H,4-6,8-10H2,1-3H3,(H,20,21)(H,22,25). The second-order valence-electron chi connectivity index (χ2n) is 7.74. The van der Waals surface area contributed by atoms with E-state index < -0.39 is 0 Å². The zero-order chi connectivity index (χ0) is 18.3. The highest BCUT2D eigenvalue weighted by molar-refractivity contribution is 5.92. The van der Waals surface area contributed by atoms with E-state index >= 15 is 0 Å². The summed E-state index contributed by atoms with van der Waals surface area (Å²) < 4.78 is 5.29. The monoisotopic (exact) mass is 357 g/mol. The number of carbonyl (C=O) groups is 1. The van der Waals surface area contributed by atoms with Crippen molar-refractivity contribution in [3.63, 3.8) is 0 Å². The Bertz CT molecular complexity index is 792. The van der Waals surface area contributed by atoms with Gasteiger partial charge in [-0.2, -0.15) is 0 Å². The van der Waals surface area contributed by atoms with E-state index in [-0.39, 0.29) is 11.9 Å². The molecule has 2 unspecified atom stereocenters. The maximum atomic E-state index is 12.5. The zero-order valence-electron chi connectivity index (χ0n) is 15.7. The first kappa shape index (κ1) is 17.3. The number of likely N-dealkylation sites (tertiary alicyclic amines) is 1. The number of aromatic nitrogens is 3. The van der Waals surface area contributed by atoms with Crippen LogP contribution < -0.4 is 5.32 Å². The predicted molar refractivity (Wildman–Crippen MR) is 96.9 cm³/mol. The van der Waals surface area contributed by atoms with Gasteiger partial charge in [-0.1, -0.05) is 19.0 Å². The van der Waals surface area contributed by atoms with E-state index in [1.165, 1.54) is 5.69 Å². The van der Waals surface area contributed by atoms with Gasteiger partial charge in [-0.25, -0.2) is 4.98 Å². The van der Waals surface area contributed by atoms with Gasteiger partial charge in [0, 0.05) is 44.1 Å². The summed E-state index contributed by atoms with van der Waals surface area (Å²) in [5.41, 5.74) is 2.64. The summed E-state index contributed by atoms with van der Waals surface area (Å²) >= 11 is 0. The van der Waals surface area contributed by atoms with Crippen LogP contribution in [0.4, 0.5) is 0 Å². The number of hydrogen-bond donors (Lipinski definition) is 2. The van der Waals surface area contributed by atoms with E-state index in [2.05, 4.69) is 39.2 Å². The number of nitrogens with one attached hydrogen (secondary N) is 2. The lowest BCUT2D eigenvalue weighted by atomic mass is 10.1. The van der Waals surface area contributed by atoms with Crippen molar-refractivity contribution in [2.24, 2.45) is 5.92 Å². The lowest BCUT2D eigenvalue weighted by Gasteiger charge is -2.16. The number of H-pyrrole nitrogens is 1. The first-order chi connectivity index (χ1) is 12.5. The number of imidazole rings is 1. The molecule has 0 radical (unpaired) electrons. The smallest absolute Gasteiger partial charge is 0.273 e. The number of hydrogen-bond acceptors (Lipinski definition) is 5. The van der Waals surface area contributed by atoms with Gasteiger partial charge >= 0.3 is 0 Å². The number of amides is 1. The maximum absolute atomic E-state index is 12.5. The summed E-state index contributed by atoms with van der Waals surface area (Å²) in [7, 11) is 0. The van der Waals surface area contributed by atoms with Crippen LogP contribution in [-0.2, 0) is 13.0 Å². The summed E-state index contributed by atoms with van der Waals surface area (Å²) in [6, 6.07) is 1.92. The summed E-state index contributed by atoms with van der Waals surface area (Å²) in [5.74, 6) is 2.60. The fourth-order valence-corrected chi connectivity index (χ4v) is 3.69. The lowest BCUT2D eigenvalue weighted by molar-refractivity contribution is 0.0922. The van der Waals surface area contributed by atoms with Gasteiger partial charge < -0.3 is 14.8 Å². The number of carbonyl (C=O) groups excluding carboxylic acids is 1. The molecule has 3 heterocycles. The Morgan fingerprint density at radius 3 is 2.92 bits per heavy atom. The van der Waals surface area contributed by atoms with Crippen molar-refractivity contribution >= 4 is 5.91 Å². The molecule has 1 aliphatic heterocycles. The van der Waals surface area contributed by atoms with E-state index in [1.807, 2.05) is 6.92 Å². The second-order valence-corrected chi connectivity index (χ2v) is 7.74. The molecule has 2 atom stereocenters. The minimum absolute atomic E-state index is 0.123. The van der Waals surface area contributed by atoms with Crippen LogP contribution in [0.3, 0.4) is 0 Å². The fourth-order valence-electron chi connectivity index (χ4n) is 3.69. The van der Waals surface area contributed by atoms with Crippen molar-refractivity contribution in [2.45, 2.75) is 58.5 Å². The average Bonchev–Trinajstić information content (AvgIpc) is 3.08. The molecule has 7 nitrogen and oxygen atoms in total.